The number of carbonyl (C=O) groups excluding carboxylic acids is 1. The number of nitrogens with zero attached hydrogens (tertiary/aromatic N) is 1. The lowest BCUT2D eigenvalue weighted by Gasteiger charge is -2.14. The van der Waals surface area contributed by atoms with Crippen LogP contribution in [0.4, 0.5) is 0 Å². The maximum atomic E-state index is 12.0. The number of para-hydroxylation sites is 1. The molecule has 1 N–H and O–H groups in total. The molecule has 4 heteroatoms. The maximum Gasteiger partial charge on any atom is 0.180 e. The lowest BCUT2D eigenvalue weighted by molar-refractivity contribution is 0.0999. The molecule has 0 unspecified atom stereocenters. The van der Waals surface area contributed by atoms with E-state index in [0.717, 1.165) is 30.3 Å². The quantitative estimate of drug-likeness (QED) is 0.669. The van der Waals surface area contributed by atoms with Gasteiger partial charge >= 0.3 is 0 Å². The summed E-state index contributed by atoms with van der Waals surface area (Å²) in [6, 6.07) is 6.19. The zero-order valence-corrected chi connectivity index (χ0v) is 10.1. The van der Waals surface area contributed by atoms with Crippen molar-refractivity contribution >= 4 is 28.5 Å². The molecular formula is C13H13ClN2O. The number of halogens is 1. The zero-order chi connectivity index (χ0) is 11.8. The van der Waals surface area contributed by atoms with Gasteiger partial charge in [0.2, 0.25) is 0 Å². The number of ketones is 1. The van der Waals surface area contributed by atoms with Crippen LogP contribution < -0.4 is 4.84 Å². The summed E-state index contributed by atoms with van der Waals surface area (Å²) in [5.41, 5.74) is 3.33. The molecule has 1 aromatic heterocycles. The van der Waals surface area contributed by atoms with Crippen molar-refractivity contribution < 1.29 is 4.79 Å². The Morgan fingerprint density at radius 1 is 1.47 bits per heavy atom. The summed E-state index contributed by atoms with van der Waals surface area (Å²) in [4.78, 5) is 14.4. The van der Waals surface area contributed by atoms with Gasteiger partial charge in [0.05, 0.1) is 12.1 Å². The summed E-state index contributed by atoms with van der Waals surface area (Å²) in [5, 5.41) is 1.05. The van der Waals surface area contributed by atoms with Crippen LogP contribution in [0.5, 0.6) is 0 Å². The van der Waals surface area contributed by atoms with E-state index in [9.17, 15) is 4.79 Å². The molecule has 3 rings (SSSR count). The lowest BCUT2D eigenvalue weighted by atomic mass is 10.0. The van der Waals surface area contributed by atoms with Gasteiger partial charge in [0.15, 0.2) is 5.78 Å². The largest absolute Gasteiger partial charge is 0.346 e. The molecule has 0 radical (unpaired) electrons. The van der Waals surface area contributed by atoms with Gasteiger partial charge in [-0.1, -0.05) is 18.2 Å². The van der Waals surface area contributed by atoms with Crippen LogP contribution in [0.3, 0.4) is 0 Å². The molecule has 0 saturated carbocycles. The highest BCUT2D eigenvalue weighted by atomic mass is 35.5. The van der Waals surface area contributed by atoms with E-state index in [-0.39, 0.29) is 12.3 Å². The molecule has 1 aliphatic heterocycles. The standard InChI is InChI=1S/C13H13ClN2O/c14-15-7-12(17)11-8-16-6-2-4-9-3-1-5-10(11)13(9)16/h1,3,5,8,15H,2,4,6-7H2. The average Bonchev–Trinajstić information content (AvgIpc) is 2.72. The minimum atomic E-state index is 0.0443. The SMILES string of the molecule is O=C(CNCl)c1cn2c3c(cccc13)CCC2. The summed E-state index contributed by atoms with van der Waals surface area (Å²) in [5.74, 6) is 0.0443. The van der Waals surface area contributed by atoms with E-state index in [4.69, 9.17) is 11.8 Å². The average molecular weight is 249 g/mol. The fourth-order valence-corrected chi connectivity index (χ4v) is 2.76. The Balaban J connectivity index is 2.22. The highest BCUT2D eigenvalue weighted by molar-refractivity contribution is 6.17. The van der Waals surface area contributed by atoms with Crippen LogP contribution in [-0.4, -0.2) is 16.9 Å². The Morgan fingerprint density at radius 3 is 3.18 bits per heavy atom. The molecule has 0 aliphatic carbocycles. The van der Waals surface area contributed by atoms with E-state index in [1.54, 1.807) is 0 Å². The molecule has 88 valence electrons. The summed E-state index contributed by atoms with van der Waals surface area (Å²) in [7, 11) is 0. The van der Waals surface area contributed by atoms with Crippen molar-refractivity contribution in [3.8, 4) is 0 Å². The van der Waals surface area contributed by atoms with Crippen molar-refractivity contribution in [2.45, 2.75) is 19.4 Å². The third-order valence-corrected chi connectivity index (χ3v) is 3.49. The second kappa shape index (κ2) is 4.17. The number of aryl methyl sites for hydroxylation is 2. The first-order chi connectivity index (χ1) is 8.31. The fourth-order valence-electron chi connectivity index (χ4n) is 2.63. The van der Waals surface area contributed by atoms with Crippen LogP contribution in [0.1, 0.15) is 22.3 Å². The molecule has 0 amide bonds. The van der Waals surface area contributed by atoms with E-state index in [0.29, 0.717) is 0 Å². The predicted molar refractivity (Wildman–Crippen MR) is 68.4 cm³/mol. The van der Waals surface area contributed by atoms with E-state index >= 15 is 0 Å². The van der Waals surface area contributed by atoms with Crippen molar-refractivity contribution in [1.82, 2.24) is 9.40 Å². The van der Waals surface area contributed by atoms with Crippen molar-refractivity contribution in [1.29, 1.82) is 0 Å². The van der Waals surface area contributed by atoms with Crippen LogP contribution >= 0.6 is 11.8 Å². The molecule has 1 aliphatic rings. The van der Waals surface area contributed by atoms with Crippen LogP contribution in [0.15, 0.2) is 24.4 Å². The van der Waals surface area contributed by atoms with E-state index in [2.05, 4.69) is 15.5 Å². The number of rotatable bonds is 3. The van der Waals surface area contributed by atoms with Crippen LogP contribution in [0, 0.1) is 0 Å². The van der Waals surface area contributed by atoms with Gasteiger partial charge in [0.1, 0.15) is 0 Å². The number of hydrogen-bond acceptors (Lipinski definition) is 2. The van der Waals surface area contributed by atoms with Crippen LogP contribution in [-0.2, 0) is 13.0 Å². The highest BCUT2D eigenvalue weighted by Gasteiger charge is 2.18. The van der Waals surface area contributed by atoms with Crippen LogP contribution in [0.2, 0.25) is 0 Å². The summed E-state index contributed by atoms with van der Waals surface area (Å²) >= 11 is 5.40. The minimum absolute atomic E-state index is 0.0443. The van der Waals surface area contributed by atoms with Crippen molar-refractivity contribution in [2.24, 2.45) is 0 Å². The second-order valence-corrected chi connectivity index (χ2v) is 4.65. The minimum Gasteiger partial charge on any atom is -0.346 e. The van der Waals surface area contributed by atoms with Gasteiger partial charge in [-0.25, -0.2) is 4.84 Å². The first-order valence-electron chi connectivity index (χ1n) is 5.78. The van der Waals surface area contributed by atoms with E-state index < -0.39 is 0 Å². The van der Waals surface area contributed by atoms with Crippen molar-refractivity contribution in [2.75, 3.05) is 6.54 Å². The highest BCUT2D eigenvalue weighted by Crippen LogP contribution is 2.29. The first-order valence-corrected chi connectivity index (χ1v) is 6.16. The fraction of sp³-hybridized carbons (Fsp3) is 0.308. The van der Waals surface area contributed by atoms with Crippen LogP contribution in [0.25, 0.3) is 10.9 Å². The number of benzene rings is 1. The maximum absolute atomic E-state index is 12.0. The molecular weight excluding hydrogens is 236 g/mol. The summed E-state index contributed by atoms with van der Waals surface area (Å²) in [6.45, 7) is 1.17. The molecule has 0 spiro atoms. The summed E-state index contributed by atoms with van der Waals surface area (Å²) < 4.78 is 2.19. The van der Waals surface area contributed by atoms with Gasteiger partial charge in [-0.15, -0.1) is 0 Å². The molecule has 2 aromatic rings. The lowest BCUT2D eigenvalue weighted by Crippen LogP contribution is -2.14. The molecule has 3 nitrogen and oxygen atoms in total. The molecule has 1 aromatic carbocycles. The molecule has 0 saturated heterocycles. The molecule has 17 heavy (non-hydrogen) atoms. The number of nitrogens with one attached hydrogen (secondary N) is 1. The Labute approximate surface area is 104 Å². The molecule has 0 bridgehead atoms. The predicted octanol–water partition coefficient (Wildman–Crippen LogP) is 2.51. The second-order valence-electron chi connectivity index (χ2n) is 4.39. The Hall–Kier alpha value is -1.32. The van der Waals surface area contributed by atoms with Crippen molar-refractivity contribution in [3.63, 3.8) is 0 Å². The number of aromatic nitrogens is 1. The zero-order valence-electron chi connectivity index (χ0n) is 9.37. The molecule has 0 fully saturated rings. The normalized spacial score (nSPS) is 14.2. The third kappa shape index (κ3) is 1.66. The van der Waals surface area contributed by atoms with Gasteiger partial charge in [0, 0.05) is 23.7 Å². The van der Waals surface area contributed by atoms with Gasteiger partial charge < -0.3 is 4.57 Å². The molecule has 0 atom stereocenters. The first kappa shape index (κ1) is 10.8. The topological polar surface area (TPSA) is 34.0 Å². The Morgan fingerprint density at radius 2 is 2.35 bits per heavy atom. The van der Waals surface area contributed by atoms with Gasteiger partial charge in [-0.2, -0.15) is 0 Å². The van der Waals surface area contributed by atoms with Gasteiger partial charge in [-0.3, -0.25) is 4.79 Å². The Bertz CT molecular complexity index is 588. The van der Waals surface area contributed by atoms with E-state index in [1.165, 1.54) is 11.1 Å². The molecule has 2 heterocycles. The smallest absolute Gasteiger partial charge is 0.180 e. The van der Waals surface area contributed by atoms with Gasteiger partial charge in [-0.05, 0) is 30.2 Å². The number of Topliss-reactive ketones (excluding diaryl/α,β-unsaturated/α-hetero) is 1. The number of carbonyl (C=O) groups is 1. The number of hydrogen-bond donors (Lipinski definition) is 1. The monoisotopic (exact) mass is 248 g/mol. The Kier molecular flexibility index (Phi) is 2.65. The summed E-state index contributed by atoms with van der Waals surface area (Å²) in [6.07, 6.45) is 4.20. The van der Waals surface area contributed by atoms with Gasteiger partial charge in [0.25, 0.3) is 0 Å². The third-order valence-electron chi connectivity index (χ3n) is 3.35. The van der Waals surface area contributed by atoms with E-state index in [1.807, 2.05) is 18.3 Å². The van der Waals surface area contributed by atoms with Crippen molar-refractivity contribution in [3.05, 3.63) is 35.5 Å².